The number of ether oxygens (including phenoxy) is 2. The Balaban J connectivity index is 1.51. The van der Waals surface area contributed by atoms with E-state index in [4.69, 9.17) is 9.47 Å². The van der Waals surface area contributed by atoms with Gasteiger partial charge >= 0.3 is 0 Å². The van der Waals surface area contributed by atoms with Crippen LogP contribution in [0.4, 0.5) is 5.69 Å². The normalized spacial score (nSPS) is 15.1. The molecule has 1 fully saturated rings. The predicted octanol–water partition coefficient (Wildman–Crippen LogP) is 3.56. The number of benzene rings is 2. The Bertz CT molecular complexity index is 737. The molecular formula is C23H30N2O3. The molecular weight excluding hydrogens is 352 g/mol. The van der Waals surface area contributed by atoms with Gasteiger partial charge in [-0.05, 0) is 48.2 Å². The minimum atomic E-state index is -0.486. The van der Waals surface area contributed by atoms with E-state index in [2.05, 4.69) is 41.4 Å². The number of amides is 1. The first-order chi connectivity index (χ1) is 13.7. The van der Waals surface area contributed by atoms with Crippen LogP contribution in [0.25, 0.3) is 0 Å². The standard InChI is InChI=1S/C23H30N2O3/c1-3-18-7-11-21(12-8-18)28-22(4-2)23(26)24-17-19-5-9-20(10-6-19)25-13-15-27-16-14-25/h5-12,22H,3-4,13-17H2,1-2H3,(H,24,26)/t22-/m1/s1. The van der Waals surface area contributed by atoms with Crippen LogP contribution in [-0.4, -0.2) is 38.3 Å². The van der Waals surface area contributed by atoms with Crippen molar-refractivity contribution in [2.45, 2.75) is 39.3 Å². The van der Waals surface area contributed by atoms with Crippen molar-refractivity contribution in [1.29, 1.82) is 0 Å². The van der Waals surface area contributed by atoms with Gasteiger partial charge in [-0.2, -0.15) is 0 Å². The van der Waals surface area contributed by atoms with Crippen molar-refractivity contribution < 1.29 is 14.3 Å². The Morgan fingerprint density at radius 3 is 2.29 bits per heavy atom. The fourth-order valence-electron chi connectivity index (χ4n) is 3.24. The van der Waals surface area contributed by atoms with Crippen LogP contribution in [0.5, 0.6) is 5.75 Å². The summed E-state index contributed by atoms with van der Waals surface area (Å²) in [6, 6.07) is 16.3. The molecule has 3 rings (SSSR count). The molecule has 1 amide bonds. The summed E-state index contributed by atoms with van der Waals surface area (Å²) < 4.78 is 11.3. The molecule has 0 unspecified atom stereocenters. The quantitative estimate of drug-likeness (QED) is 0.758. The Labute approximate surface area is 167 Å². The zero-order valence-corrected chi connectivity index (χ0v) is 16.8. The number of aryl methyl sites for hydroxylation is 1. The van der Waals surface area contributed by atoms with Crippen molar-refractivity contribution in [2.24, 2.45) is 0 Å². The highest BCUT2D eigenvalue weighted by Gasteiger charge is 2.18. The van der Waals surface area contributed by atoms with Crippen LogP contribution in [0.15, 0.2) is 48.5 Å². The number of rotatable bonds is 8. The smallest absolute Gasteiger partial charge is 0.261 e. The van der Waals surface area contributed by atoms with Crippen molar-refractivity contribution in [3.05, 3.63) is 59.7 Å². The first-order valence-corrected chi connectivity index (χ1v) is 10.1. The monoisotopic (exact) mass is 382 g/mol. The van der Waals surface area contributed by atoms with E-state index in [-0.39, 0.29) is 5.91 Å². The average Bonchev–Trinajstić information content (AvgIpc) is 2.77. The molecule has 1 aliphatic heterocycles. The number of anilines is 1. The highest BCUT2D eigenvalue weighted by atomic mass is 16.5. The summed E-state index contributed by atoms with van der Waals surface area (Å²) in [4.78, 5) is 14.8. The zero-order valence-electron chi connectivity index (χ0n) is 16.8. The molecule has 28 heavy (non-hydrogen) atoms. The number of nitrogens with zero attached hydrogens (tertiary/aromatic N) is 1. The maximum Gasteiger partial charge on any atom is 0.261 e. The van der Waals surface area contributed by atoms with Gasteiger partial charge in [0, 0.05) is 25.3 Å². The van der Waals surface area contributed by atoms with E-state index in [0.29, 0.717) is 13.0 Å². The lowest BCUT2D eigenvalue weighted by Gasteiger charge is -2.29. The molecule has 0 aromatic heterocycles. The predicted molar refractivity (Wildman–Crippen MR) is 112 cm³/mol. The molecule has 1 atom stereocenters. The van der Waals surface area contributed by atoms with Crippen molar-refractivity contribution in [3.8, 4) is 5.75 Å². The fourth-order valence-corrected chi connectivity index (χ4v) is 3.24. The Morgan fingerprint density at radius 2 is 1.68 bits per heavy atom. The van der Waals surface area contributed by atoms with Crippen LogP contribution in [0.2, 0.25) is 0 Å². The van der Waals surface area contributed by atoms with Gasteiger partial charge in [-0.15, -0.1) is 0 Å². The topological polar surface area (TPSA) is 50.8 Å². The number of morpholine rings is 1. The third-order valence-corrected chi connectivity index (χ3v) is 5.05. The minimum absolute atomic E-state index is 0.0840. The van der Waals surface area contributed by atoms with E-state index in [9.17, 15) is 4.79 Å². The Kier molecular flexibility index (Phi) is 7.31. The van der Waals surface area contributed by atoms with Gasteiger partial charge in [0.2, 0.25) is 0 Å². The molecule has 1 saturated heterocycles. The zero-order chi connectivity index (χ0) is 19.8. The summed E-state index contributed by atoms with van der Waals surface area (Å²) in [5, 5.41) is 2.99. The summed E-state index contributed by atoms with van der Waals surface area (Å²) in [5.41, 5.74) is 3.53. The maximum atomic E-state index is 12.5. The first kappa shape index (κ1) is 20.2. The van der Waals surface area contributed by atoms with E-state index in [1.165, 1.54) is 11.3 Å². The largest absolute Gasteiger partial charge is 0.481 e. The summed E-state index contributed by atoms with van der Waals surface area (Å²) in [6.45, 7) is 7.97. The number of carbonyl (C=O) groups excluding carboxylic acids is 1. The molecule has 0 spiro atoms. The summed E-state index contributed by atoms with van der Waals surface area (Å²) in [6.07, 6.45) is 1.12. The lowest BCUT2D eigenvalue weighted by atomic mass is 10.1. The minimum Gasteiger partial charge on any atom is -0.481 e. The summed E-state index contributed by atoms with van der Waals surface area (Å²) in [7, 11) is 0. The van der Waals surface area contributed by atoms with Crippen LogP contribution < -0.4 is 15.0 Å². The van der Waals surface area contributed by atoms with Gasteiger partial charge in [-0.25, -0.2) is 0 Å². The van der Waals surface area contributed by atoms with Crippen LogP contribution >= 0.6 is 0 Å². The van der Waals surface area contributed by atoms with Gasteiger partial charge < -0.3 is 19.7 Å². The highest BCUT2D eigenvalue weighted by molar-refractivity contribution is 5.81. The molecule has 0 bridgehead atoms. The Morgan fingerprint density at radius 1 is 1.04 bits per heavy atom. The van der Waals surface area contributed by atoms with Gasteiger partial charge in [0.05, 0.1) is 13.2 Å². The van der Waals surface area contributed by atoms with Crippen molar-refractivity contribution in [2.75, 3.05) is 31.2 Å². The van der Waals surface area contributed by atoms with Crippen LogP contribution in [0.3, 0.4) is 0 Å². The number of hydrogen-bond acceptors (Lipinski definition) is 4. The summed E-state index contributed by atoms with van der Waals surface area (Å²) >= 11 is 0. The lowest BCUT2D eigenvalue weighted by Crippen LogP contribution is -2.37. The molecule has 0 saturated carbocycles. The SMILES string of the molecule is CCc1ccc(O[C@H](CC)C(=O)NCc2ccc(N3CCOCC3)cc2)cc1. The lowest BCUT2D eigenvalue weighted by molar-refractivity contribution is -0.128. The molecule has 1 heterocycles. The van der Waals surface area contributed by atoms with Crippen LogP contribution in [-0.2, 0) is 22.5 Å². The number of hydrogen-bond donors (Lipinski definition) is 1. The van der Waals surface area contributed by atoms with E-state index < -0.39 is 6.10 Å². The van der Waals surface area contributed by atoms with Crippen LogP contribution in [0, 0.1) is 0 Å². The third kappa shape index (κ3) is 5.49. The van der Waals surface area contributed by atoms with Gasteiger partial charge in [-0.1, -0.05) is 38.1 Å². The van der Waals surface area contributed by atoms with E-state index >= 15 is 0 Å². The van der Waals surface area contributed by atoms with E-state index in [1.807, 2.05) is 31.2 Å². The fraction of sp³-hybridized carbons (Fsp3) is 0.435. The number of nitrogens with one attached hydrogen (secondary N) is 1. The van der Waals surface area contributed by atoms with Gasteiger partial charge in [0.15, 0.2) is 6.10 Å². The van der Waals surface area contributed by atoms with E-state index in [1.54, 1.807) is 0 Å². The second-order valence-corrected chi connectivity index (χ2v) is 7.00. The summed E-state index contributed by atoms with van der Waals surface area (Å²) in [5.74, 6) is 0.647. The van der Waals surface area contributed by atoms with E-state index in [0.717, 1.165) is 44.0 Å². The third-order valence-electron chi connectivity index (χ3n) is 5.05. The van der Waals surface area contributed by atoms with Gasteiger partial charge in [-0.3, -0.25) is 4.79 Å². The van der Waals surface area contributed by atoms with Crippen molar-refractivity contribution in [3.63, 3.8) is 0 Å². The second kappa shape index (κ2) is 10.1. The first-order valence-electron chi connectivity index (χ1n) is 10.1. The van der Waals surface area contributed by atoms with Gasteiger partial charge in [0.1, 0.15) is 5.75 Å². The molecule has 0 aliphatic carbocycles. The van der Waals surface area contributed by atoms with Crippen LogP contribution in [0.1, 0.15) is 31.4 Å². The molecule has 1 N–H and O–H groups in total. The van der Waals surface area contributed by atoms with Gasteiger partial charge in [0.25, 0.3) is 5.91 Å². The second-order valence-electron chi connectivity index (χ2n) is 7.00. The maximum absolute atomic E-state index is 12.5. The molecule has 5 heteroatoms. The molecule has 2 aromatic rings. The highest BCUT2D eigenvalue weighted by Crippen LogP contribution is 2.17. The average molecular weight is 383 g/mol. The molecule has 2 aromatic carbocycles. The van der Waals surface area contributed by atoms with Crippen molar-refractivity contribution >= 4 is 11.6 Å². The molecule has 1 aliphatic rings. The number of carbonyl (C=O) groups is 1. The van der Waals surface area contributed by atoms with Crippen molar-refractivity contribution in [1.82, 2.24) is 5.32 Å². The molecule has 5 nitrogen and oxygen atoms in total. The Hall–Kier alpha value is -2.53. The molecule has 0 radical (unpaired) electrons. The molecule has 150 valence electrons.